The van der Waals surface area contributed by atoms with Crippen molar-refractivity contribution in [2.75, 3.05) is 14.2 Å². The van der Waals surface area contributed by atoms with Crippen molar-refractivity contribution in [2.45, 2.75) is 0 Å². The summed E-state index contributed by atoms with van der Waals surface area (Å²) in [5.74, 6) is 4.74. The Hall–Kier alpha value is -3.14. The number of aromatic hydroxyl groups is 1. The molecule has 0 saturated heterocycles. The molecule has 3 aromatic carbocycles. The Balaban J connectivity index is 1.63. The fourth-order valence-electron chi connectivity index (χ4n) is 2.15. The first-order valence-corrected chi connectivity index (χ1v) is 7.56. The van der Waals surface area contributed by atoms with Crippen molar-refractivity contribution in [1.29, 1.82) is 0 Å². The van der Waals surface area contributed by atoms with Crippen LogP contribution in [-0.4, -0.2) is 19.0 Å². The zero-order valence-corrected chi connectivity index (χ0v) is 13.6. The lowest BCUT2D eigenvalue weighted by atomic mass is 10.3. The Labute approximate surface area is 141 Å². The maximum Gasteiger partial charge on any atom is 0.254 e. The van der Waals surface area contributed by atoms with E-state index in [0.717, 1.165) is 34.5 Å². The molecule has 1 N–H and O–H groups in total. The van der Waals surface area contributed by atoms with E-state index in [0.29, 0.717) is 0 Å². The van der Waals surface area contributed by atoms with Gasteiger partial charge in [-0.2, -0.15) is 0 Å². The van der Waals surface area contributed by atoms with E-state index in [2.05, 4.69) is 4.74 Å². The molecule has 122 valence electrons. The predicted octanol–water partition coefficient (Wildman–Crippen LogP) is 5.15. The highest BCUT2D eigenvalue weighted by Crippen LogP contribution is 2.28. The third kappa shape index (κ3) is 3.98. The third-order valence-corrected chi connectivity index (χ3v) is 3.45. The maximum atomic E-state index is 5.80. The maximum absolute atomic E-state index is 5.80. The van der Waals surface area contributed by atoms with Crippen molar-refractivity contribution in [3.63, 3.8) is 0 Å². The topological polar surface area (TPSA) is 40.5 Å². The highest BCUT2D eigenvalue weighted by Gasteiger charge is 2.02. The number of rotatable bonds is 6. The molecule has 0 aliphatic heterocycles. The van der Waals surface area contributed by atoms with E-state index in [1.807, 2.05) is 72.8 Å². The number of hydrogen-bond acceptors (Lipinski definition) is 3. The third-order valence-electron chi connectivity index (χ3n) is 3.45. The van der Waals surface area contributed by atoms with Crippen molar-refractivity contribution < 1.29 is 18.9 Å². The van der Waals surface area contributed by atoms with E-state index < -0.39 is 0 Å². The molecular weight excluding hydrogens is 304 g/mol. The van der Waals surface area contributed by atoms with Crippen molar-refractivity contribution in [3.05, 3.63) is 72.8 Å². The van der Waals surface area contributed by atoms with Gasteiger partial charge in [0.1, 0.15) is 28.7 Å². The first kappa shape index (κ1) is 15.7. The van der Waals surface area contributed by atoms with E-state index in [-0.39, 0.29) is 0 Å². The van der Waals surface area contributed by atoms with E-state index in [1.165, 1.54) is 0 Å². The molecule has 0 aromatic heterocycles. The quantitative estimate of drug-likeness (QED) is 0.589. The fourth-order valence-corrected chi connectivity index (χ4v) is 2.15. The number of hydrogen-bond donors (Lipinski definition) is 0. The summed E-state index contributed by atoms with van der Waals surface area (Å²) in [6.07, 6.45) is 0. The van der Waals surface area contributed by atoms with Gasteiger partial charge in [0.2, 0.25) is 0 Å². The summed E-state index contributed by atoms with van der Waals surface area (Å²) >= 11 is 0. The number of ether oxygens (including phenoxy) is 4. The Kier molecular flexibility index (Phi) is 4.87. The minimum Gasteiger partial charge on any atom is -0.585 e. The van der Waals surface area contributed by atoms with Gasteiger partial charge in [-0.3, -0.25) is 0 Å². The predicted molar refractivity (Wildman–Crippen MR) is 93.6 cm³/mol. The van der Waals surface area contributed by atoms with Gasteiger partial charge in [0.05, 0.1) is 7.11 Å². The molecule has 0 saturated carbocycles. The van der Waals surface area contributed by atoms with Gasteiger partial charge in [-0.1, -0.05) is 0 Å². The molecule has 0 heterocycles. The van der Waals surface area contributed by atoms with Crippen LogP contribution in [0.5, 0.6) is 34.5 Å². The first-order chi connectivity index (χ1) is 11.8. The van der Waals surface area contributed by atoms with Crippen LogP contribution in [0.15, 0.2) is 72.8 Å². The lowest BCUT2D eigenvalue weighted by Gasteiger charge is -2.09. The van der Waals surface area contributed by atoms with Gasteiger partial charge in [0, 0.05) is 12.1 Å². The van der Waals surface area contributed by atoms with Crippen LogP contribution < -0.4 is 14.2 Å². The van der Waals surface area contributed by atoms with Crippen LogP contribution in [0.25, 0.3) is 0 Å². The molecular formula is C20H19O4+. The second-order valence-electron chi connectivity index (χ2n) is 5.07. The van der Waals surface area contributed by atoms with Gasteiger partial charge in [-0.25, -0.2) is 0 Å². The molecule has 4 nitrogen and oxygen atoms in total. The van der Waals surface area contributed by atoms with Gasteiger partial charge in [-0.15, -0.1) is 0 Å². The molecule has 0 amide bonds. The van der Waals surface area contributed by atoms with Crippen LogP contribution in [0.1, 0.15) is 0 Å². The average molecular weight is 323 g/mol. The zero-order chi connectivity index (χ0) is 16.8. The molecule has 0 unspecified atom stereocenters. The molecule has 0 spiro atoms. The molecule has 0 aliphatic rings. The second kappa shape index (κ2) is 7.42. The first-order valence-electron chi connectivity index (χ1n) is 7.56. The lowest BCUT2D eigenvalue weighted by molar-refractivity contribution is 0.136. The lowest BCUT2D eigenvalue weighted by Crippen LogP contribution is -1.87. The number of aliphatic hydroxyl groups is 1. The van der Waals surface area contributed by atoms with Crippen molar-refractivity contribution in [2.24, 2.45) is 0 Å². The fraction of sp³-hybridized carbons (Fsp3) is 0.100. The Morgan fingerprint density at radius 2 is 0.875 bits per heavy atom. The van der Waals surface area contributed by atoms with Crippen LogP contribution >= 0.6 is 0 Å². The van der Waals surface area contributed by atoms with Gasteiger partial charge in [0.15, 0.2) is 7.11 Å². The van der Waals surface area contributed by atoms with Gasteiger partial charge in [0.25, 0.3) is 5.75 Å². The van der Waals surface area contributed by atoms with E-state index >= 15 is 0 Å². The van der Waals surface area contributed by atoms with E-state index in [1.54, 1.807) is 14.2 Å². The summed E-state index contributed by atoms with van der Waals surface area (Å²) in [5, 5.41) is 0. The minimum absolute atomic E-state index is 0.743. The highest BCUT2D eigenvalue weighted by atomic mass is 16.5. The van der Waals surface area contributed by atoms with Crippen LogP contribution in [0.4, 0.5) is 0 Å². The summed E-state index contributed by atoms with van der Waals surface area (Å²) in [4.78, 5) is 0. The Bertz CT molecular complexity index is 694. The van der Waals surface area contributed by atoms with Crippen LogP contribution in [0.3, 0.4) is 0 Å². The molecule has 0 atom stereocenters. The van der Waals surface area contributed by atoms with Crippen LogP contribution in [0, 0.1) is 0 Å². The minimum atomic E-state index is 0.743. The summed E-state index contributed by atoms with van der Waals surface area (Å²) < 4.78 is 20.8. The SMILES string of the molecule is COc1ccc(Oc2ccc(Oc3ccc([OH+]C)cc3)cc2)cc1. The molecule has 0 aliphatic carbocycles. The molecule has 0 fully saturated rings. The number of benzene rings is 3. The Morgan fingerprint density at radius 3 is 1.21 bits per heavy atom. The molecule has 3 aromatic rings. The normalized spacial score (nSPS) is 10.1. The van der Waals surface area contributed by atoms with Crippen LogP contribution in [0.2, 0.25) is 0 Å². The monoisotopic (exact) mass is 323 g/mol. The summed E-state index contributed by atoms with van der Waals surface area (Å²) in [5.41, 5.74) is 0. The van der Waals surface area contributed by atoms with Crippen molar-refractivity contribution in [3.8, 4) is 34.5 Å². The molecule has 24 heavy (non-hydrogen) atoms. The number of methoxy groups -OCH3 is 1. The van der Waals surface area contributed by atoms with Gasteiger partial charge in [-0.05, 0) is 60.7 Å². The molecule has 0 radical (unpaired) electrons. The van der Waals surface area contributed by atoms with Gasteiger partial charge < -0.3 is 18.9 Å². The summed E-state index contributed by atoms with van der Waals surface area (Å²) in [7, 11) is 3.40. The zero-order valence-electron chi connectivity index (χ0n) is 13.6. The molecule has 4 heteroatoms. The molecule has 3 rings (SSSR count). The largest absolute Gasteiger partial charge is 0.585 e. The highest BCUT2D eigenvalue weighted by molar-refractivity contribution is 5.40. The smallest absolute Gasteiger partial charge is 0.254 e. The van der Waals surface area contributed by atoms with Crippen molar-refractivity contribution in [1.82, 2.24) is 0 Å². The van der Waals surface area contributed by atoms with Gasteiger partial charge >= 0.3 is 0 Å². The molecule has 0 bridgehead atoms. The van der Waals surface area contributed by atoms with Crippen LogP contribution in [-0.2, 0) is 0 Å². The van der Waals surface area contributed by atoms with E-state index in [9.17, 15) is 0 Å². The van der Waals surface area contributed by atoms with Crippen molar-refractivity contribution >= 4 is 0 Å². The Morgan fingerprint density at radius 1 is 0.542 bits per heavy atom. The summed E-state index contributed by atoms with van der Waals surface area (Å²) in [6.45, 7) is 0. The standard InChI is InChI=1S/C20H18O4/c1-21-15-3-7-17(8-4-15)23-19-11-13-20(14-12-19)24-18-9-5-16(22-2)6-10-18/h3-14H,1-2H3/p+1. The average Bonchev–Trinajstić information content (AvgIpc) is 2.65. The second-order valence-corrected chi connectivity index (χ2v) is 5.07. The van der Waals surface area contributed by atoms with E-state index in [4.69, 9.17) is 14.2 Å². The summed E-state index contributed by atoms with van der Waals surface area (Å²) in [6, 6.07) is 22.5.